The van der Waals surface area contributed by atoms with E-state index >= 15 is 0 Å². The van der Waals surface area contributed by atoms with E-state index in [1.54, 1.807) is 12.1 Å². The molecule has 1 heterocycles. The number of para-hydroxylation sites is 2. The van der Waals surface area contributed by atoms with Crippen LogP contribution in [0.4, 0.5) is 11.4 Å². The largest absolute Gasteiger partial charge is 0.491 e. The minimum atomic E-state index is -0.124. The summed E-state index contributed by atoms with van der Waals surface area (Å²) in [6.45, 7) is 7.91. The van der Waals surface area contributed by atoms with Crippen molar-refractivity contribution >= 4 is 17.3 Å². The fraction of sp³-hybridized carbons (Fsp3) is 0.381. The molecule has 1 aliphatic rings. The van der Waals surface area contributed by atoms with Gasteiger partial charge in [-0.2, -0.15) is 0 Å². The van der Waals surface area contributed by atoms with E-state index in [0.29, 0.717) is 11.3 Å². The molecule has 0 atom stereocenters. The van der Waals surface area contributed by atoms with E-state index in [4.69, 9.17) is 4.74 Å². The smallest absolute Gasteiger partial charge is 0.255 e. The molecule has 2 aromatic rings. The molecule has 0 saturated carbocycles. The minimum Gasteiger partial charge on any atom is -0.491 e. The number of anilines is 2. The summed E-state index contributed by atoms with van der Waals surface area (Å²) in [5.41, 5.74) is 2.51. The highest BCUT2D eigenvalue weighted by Gasteiger charge is 2.18. The number of hydrogen-bond acceptors (Lipinski definition) is 4. The van der Waals surface area contributed by atoms with Crippen molar-refractivity contribution in [1.29, 1.82) is 0 Å². The minimum absolute atomic E-state index is 0.0752. The van der Waals surface area contributed by atoms with E-state index in [1.807, 2.05) is 44.2 Å². The summed E-state index contributed by atoms with van der Waals surface area (Å²) in [6, 6.07) is 15.3. The van der Waals surface area contributed by atoms with Crippen LogP contribution in [-0.2, 0) is 0 Å². The van der Waals surface area contributed by atoms with Gasteiger partial charge in [-0.15, -0.1) is 0 Å². The van der Waals surface area contributed by atoms with Gasteiger partial charge in [0, 0.05) is 31.7 Å². The Morgan fingerprint density at radius 3 is 2.50 bits per heavy atom. The maximum Gasteiger partial charge on any atom is 0.255 e. The Morgan fingerprint density at radius 1 is 1.04 bits per heavy atom. The molecule has 0 spiro atoms. The molecule has 0 unspecified atom stereocenters. The van der Waals surface area contributed by atoms with Crippen molar-refractivity contribution in [1.82, 2.24) is 4.90 Å². The van der Waals surface area contributed by atoms with Gasteiger partial charge in [-0.3, -0.25) is 4.79 Å². The number of carbonyl (C=O) groups is 1. The second-order valence-electron chi connectivity index (χ2n) is 6.96. The molecule has 1 N–H and O–H groups in total. The molecule has 0 radical (unpaired) electrons. The van der Waals surface area contributed by atoms with Crippen molar-refractivity contribution in [2.45, 2.75) is 20.0 Å². The van der Waals surface area contributed by atoms with Crippen molar-refractivity contribution in [3.63, 3.8) is 0 Å². The van der Waals surface area contributed by atoms with Crippen LogP contribution in [0.5, 0.6) is 5.75 Å². The highest BCUT2D eigenvalue weighted by molar-refractivity contribution is 6.06. The van der Waals surface area contributed by atoms with Gasteiger partial charge in [0.15, 0.2) is 0 Å². The van der Waals surface area contributed by atoms with E-state index < -0.39 is 0 Å². The zero-order valence-electron chi connectivity index (χ0n) is 15.7. The summed E-state index contributed by atoms with van der Waals surface area (Å²) >= 11 is 0. The predicted octanol–water partition coefficient (Wildman–Crippen LogP) is 3.48. The second-order valence-corrected chi connectivity index (χ2v) is 6.96. The van der Waals surface area contributed by atoms with Gasteiger partial charge in [0.05, 0.1) is 17.5 Å². The first-order valence-electron chi connectivity index (χ1n) is 9.13. The Morgan fingerprint density at radius 2 is 1.77 bits per heavy atom. The lowest BCUT2D eigenvalue weighted by molar-refractivity contribution is 0.102. The zero-order valence-corrected chi connectivity index (χ0v) is 15.7. The number of carbonyl (C=O) groups excluding carboxylic acids is 1. The van der Waals surface area contributed by atoms with Gasteiger partial charge in [0.2, 0.25) is 0 Å². The molecular weight excluding hydrogens is 326 g/mol. The monoisotopic (exact) mass is 353 g/mol. The first kappa shape index (κ1) is 18.3. The molecule has 5 heteroatoms. The average Bonchev–Trinajstić information content (AvgIpc) is 2.63. The van der Waals surface area contributed by atoms with Gasteiger partial charge in [-0.25, -0.2) is 0 Å². The van der Waals surface area contributed by atoms with Gasteiger partial charge in [-0.05, 0) is 51.2 Å². The summed E-state index contributed by atoms with van der Waals surface area (Å²) in [5.74, 6) is 0.584. The lowest BCUT2D eigenvalue weighted by atomic mass is 10.1. The molecule has 1 saturated heterocycles. The molecule has 1 aliphatic heterocycles. The van der Waals surface area contributed by atoms with E-state index in [-0.39, 0.29) is 12.0 Å². The summed E-state index contributed by atoms with van der Waals surface area (Å²) in [4.78, 5) is 17.4. The summed E-state index contributed by atoms with van der Waals surface area (Å²) in [6.07, 6.45) is 0.0752. The van der Waals surface area contributed by atoms with Crippen molar-refractivity contribution < 1.29 is 9.53 Å². The third-order valence-electron chi connectivity index (χ3n) is 4.46. The molecule has 3 rings (SSSR count). The molecule has 1 amide bonds. The lowest BCUT2D eigenvalue weighted by Crippen LogP contribution is -2.44. The topological polar surface area (TPSA) is 44.8 Å². The Bertz CT molecular complexity index is 752. The first-order chi connectivity index (χ1) is 12.5. The summed E-state index contributed by atoms with van der Waals surface area (Å²) in [5, 5.41) is 3.07. The Hall–Kier alpha value is -2.53. The summed E-state index contributed by atoms with van der Waals surface area (Å²) < 4.78 is 5.69. The van der Waals surface area contributed by atoms with Crippen molar-refractivity contribution in [2.24, 2.45) is 0 Å². The summed E-state index contributed by atoms with van der Waals surface area (Å²) in [7, 11) is 2.14. The van der Waals surface area contributed by atoms with Crippen LogP contribution in [0, 0.1) is 0 Å². The van der Waals surface area contributed by atoms with Crippen LogP contribution in [0.3, 0.4) is 0 Å². The van der Waals surface area contributed by atoms with Crippen molar-refractivity contribution in [3.8, 4) is 5.75 Å². The average molecular weight is 353 g/mol. The number of rotatable bonds is 5. The third-order valence-corrected chi connectivity index (χ3v) is 4.46. The number of benzene rings is 2. The molecule has 138 valence electrons. The number of likely N-dealkylation sites (N-methyl/N-ethyl adjacent to an activating group) is 1. The van der Waals surface area contributed by atoms with Crippen LogP contribution >= 0.6 is 0 Å². The normalized spacial score (nSPS) is 15.2. The molecule has 0 bridgehead atoms. The lowest BCUT2D eigenvalue weighted by Gasteiger charge is -2.35. The molecule has 5 nitrogen and oxygen atoms in total. The number of nitrogens with zero attached hydrogens (tertiary/aromatic N) is 2. The van der Waals surface area contributed by atoms with Gasteiger partial charge in [-0.1, -0.05) is 18.2 Å². The molecule has 0 aromatic heterocycles. The van der Waals surface area contributed by atoms with Crippen molar-refractivity contribution in [2.75, 3.05) is 43.4 Å². The Balaban J connectivity index is 1.76. The van der Waals surface area contributed by atoms with Crippen LogP contribution in [0.25, 0.3) is 0 Å². The maximum atomic E-state index is 12.7. The van der Waals surface area contributed by atoms with E-state index in [9.17, 15) is 4.79 Å². The van der Waals surface area contributed by atoms with Gasteiger partial charge < -0.3 is 19.9 Å². The van der Waals surface area contributed by atoms with Crippen LogP contribution < -0.4 is 15.0 Å². The van der Waals surface area contributed by atoms with Crippen LogP contribution in [0.2, 0.25) is 0 Å². The van der Waals surface area contributed by atoms with E-state index in [2.05, 4.69) is 28.2 Å². The number of piperazine rings is 1. The predicted molar refractivity (Wildman–Crippen MR) is 106 cm³/mol. The van der Waals surface area contributed by atoms with E-state index in [1.165, 1.54) is 0 Å². The third kappa shape index (κ3) is 4.55. The highest BCUT2D eigenvalue weighted by Crippen LogP contribution is 2.27. The molecule has 26 heavy (non-hydrogen) atoms. The fourth-order valence-corrected chi connectivity index (χ4v) is 3.08. The first-order valence-corrected chi connectivity index (χ1v) is 9.13. The zero-order chi connectivity index (χ0) is 18.5. The van der Waals surface area contributed by atoms with Crippen molar-refractivity contribution in [3.05, 3.63) is 54.1 Å². The van der Waals surface area contributed by atoms with E-state index in [0.717, 1.165) is 37.6 Å². The van der Waals surface area contributed by atoms with Crippen LogP contribution in [0.15, 0.2) is 48.5 Å². The maximum absolute atomic E-state index is 12.7. The fourth-order valence-electron chi connectivity index (χ4n) is 3.08. The van der Waals surface area contributed by atoms with Crippen LogP contribution in [-0.4, -0.2) is 50.1 Å². The number of ether oxygens (including phenoxy) is 1. The molecule has 0 aliphatic carbocycles. The quantitative estimate of drug-likeness (QED) is 0.894. The number of hydrogen-bond donors (Lipinski definition) is 1. The van der Waals surface area contributed by atoms with Gasteiger partial charge in [0.25, 0.3) is 5.91 Å². The molecular formula is C21H27N3O2. The highest BCUT2D eigenvalue weighted by atomic mass is 16.5. The number of nitrogens with one attached hydrogen (secondary N) is 1. The number of amides is 1. The second kappa shape index (κ2) is 8.23. The SMILES string of the molecule is CC(C)Oc1cccc(C(=O)Nc2ccccc2N2CCN(C)CC2)c1. The Labute approximate surface area is 155 Å². The van der Waals surface area contributed by atoms with Crippen LogP contribution in [0.1, 0.15) is 24.2 Å². The molecule has 1 fully saturated rings. The van der Waals surface area contributed by atoms with Gasteiger partial charge in [0.1, 0.15) is 5.75 Å². The standard InChI is InChI=1S/C21H27N3O2/c1-16(2)26-18-8-6-7-17(15-18)21(25)22-19-9-4-5-10-20(19)24-13-11-23(3)12-14-24/h4-10,15-16H,11-14H2,1-3H3,(H,22,25). The Kier molecular flexibility index (Phi) is 5.78. The molecule has 2 aromatic carbocycles. The van der Waals surface area contributed by atoms with Gasteiger partial charge >= 0.3 is 0 Å².